The van der Waals surface area contributed by atoms with Crippen LogP contribution in [0.3, 0.4) is 0 Å². The molecule has 8 heteroatoms. The Morgan fingerprint density at radius 2 is 2.40 bits per heavy atom. The molecule has 3 aromatic rings. The van der Waals surface area contributed by atoms with Crippen molar-refractivity contribution in [2.75, 3.05) is 26.9 Å². The summed E-state index contributed by atoms with van der Waals surface area (Å²) in [5.41, 5.74) is 3.00. The first-order chi connectivity index (χ1) is 12.3. The summed E-state index contributed by atoms with van der Waals surface area (Å²) in [4.78, 5) is 10.4. The molecule has 0 radical (unpaired) electrons. The van der Waals surface area contributed by atoms with Gasteiger partial charge in [-0.1, -0.05) is 16.6 Å². The van der Waals surface area contributed by atoms with Crippen molar-refractivity contribution in [2.24, 2.45) is 0 Å². The maximum absolute atomic E-state index is 5.68. The molecule has 3 heterocycles. The molecule has 1 aliphatic rings. The van der Waals surface area contributed by atoms with Crippen LogP contribution in [0, 0.1) is 0 Å². The Bertz CT molecular complexity index is 820. The summed E-state index contributed by atoms with van der Waals surface area (Å²) < 4.78 is 14.9. The highest BCUT2D eigenvalue weighted by Crippen LogP contribution is 2.27. The highest BCUT2D eigenvalue weighted by Gasteiger charge is 2.27. The number of imidazole rings is 1. The topological polar surface area (TPSA) is 76.2 Å². The first kappa shape index (κ1) is 16.2. The second-order valence-corrected chi connectivity index (χ2v) is 6.48. The van der Waals surface area contributed by atoms with E-state index < -0.39 is 0 Å². The van der Waals surface area contributed by atoms with E-state index in [0.717, 1.165) is 48.2 Å². The number of ether oxygens (including phenoxy) is 2. The molecule has 1 unspecified atom stereocenters. The average Bonchev–Trinajstić information content (AvgIpc) is 3.34. The van der Waals surface area contributed by atoms with Gasteiger partial charge in [0.25, 0.3) is 0 Å². The van der Waals surface area contributed by atoms with Gasteiger partial charge in [0, 0.05) is 24.0 Å². The molecular weight excluding hydrogens is 338 g/mol. The lowest BCUT2D eigenvalue weighted by Crippen LogP contribution is -2.39. The molecule has 1 saturated heterocycles. The second kappa shape index (κ2) is 7.30. The lowest BCUT2D eigenvalue weighted by molar-refractivity contribution is -0.0161. The zero-order valence-corrected chi connectivity index (χ0v) is 14.7. The Labute approximate surface area is 149 Å². The highest BCUT2D eigenvalue weighted by molar-refractivity contribution is 7.03. The number of H-pyrrole nitrogens is 1. The maximum Gasteiger partial charge on any atom is 0.126 e. The van der Waals surface area contributed by atoms with Crippen LogP contribution in [0.15, 0.2) is 35.8 Å². The van der Waals surface area contributed by atoms with E-state index in [0.29, 0.717) is 6.61 Å². The van der Waals surface area contributed by atoms with E-state index in [1.807, 2.05) is 35.8 Å². The van der Waals surface area contributed by atoms with Gasteiger partial charge in [0.2, 0.25) is 0 Å². The summed E-state index contributed by atoms with van der Waals surface area (Å²) in [6.07, 6.45) is 1.86. The number of rotatable bonds is 5. The zero-order valence-electron chi connectivity index (χ0n) is 13.9. The van der Waals surface area contributed by atoms with E-state index in [2.05, 4.69) is 24.5 Å². The number of benzene rings is 1. The van der Waals surface area contributed by atoms with E-state index in [4.69, 9.17) is 9.47 Å². The quantitative estimate of drug-likeness (QED) is 0.756. The smallest absolute Gasteiger partial charge is 0.126 e. The van der Waals surface area contributed by atoms with Crippen molar-refractivity contribution in [2.45, 2.75) is 12.6 Å². The maximum atomic E-state index is 5.68. The van der Waals surface area contributed by atoms with Crippen LogP contribution in [0.1, 0.15) is 17.6 Å². The first-order valence-corrected chi connectivity index (χ1v) is 8.94. The summed E-state index contributed by atoms with van der Waals surface area (Å²) in [5.74, 6) is 1.73. The number of aromatic amines is 1. The van der Waals surface area contributed by atoms with Gasteiger partial charge in [-0.05, 0) is 23.7 Å². The fourth-order valence-electron chi connectivity index (χ4n) is 2.98. The van der Waals surface area contributed by atoms with Gasteiger partial charge < -0.3 is 14.5 Å². The third kappa shape index (κ3) is 3.55. The SMILES string of the molecule is COc1cccc(-c2cnc(C3COCCN3Cc3csnn3)[nH]2)c1. The Kier molecular flexibility index (Phi) is 4.73. The molecule has 1 aromatic carbocycles. The van der Waals surface area contributed by atoms with Gasteiger partial charge in [-0.25, -0.2) is 4.98 Å². The van der Waals surface area contributed by atoms with Crippen molar-refractivity contribution in [3.63, 3.8) is 0 Å². The van der Waals surface area contributed by atoms with Crippen molar-refractivity contribution < 1.29 is 9.47 Å². The number of methoxy groups -OCH3 is 1. The van der Waals surface area contributed by atoms with Crippen molar-refractivity contribution in [1.29, 1.82) is 0 Å². The van der Waals surface area contributed by atoms with E-state index >= 15 is 0 Å². The number of aromatic nitrogens is 4. The Balaban J connectivity index is 1.56. The van der Waals surface area contributed by atoms with Gasteiger partial charge in [0.1, 0.15) is 11.6 Å². The number of nitrogens with one attached hydrogen (secondary N) is 1. The van der Waals surface area contributed by atoms with Crippen LogP contribution >= 0.6 is 11.5 Å². The van der Waals surface area contributed by atoms with Crippen LogP contribution in [0.5, 0.6) is 5.75 Å². The minimum atomic E-state index is 0.0785. The minimum Gasteiger partial charge on any atom is -0.497 e. The van der Waals surface area contributed by atoms with Crippen LogP contribution in [-0.4, -0.2) is 51.3 Å². The van der Waals surface area contributed by atoms with Gasteiger partial charge in [-0.3, -0.25) is 4.90 Å². The molecular formula is C17H19N5O2S. The Morgan fingerprint density at radius 3 is 3.24 bits per heavy atom. The molecule has 0 saturated carbocycles. The summed E-state index contributed by atoms with van der Waals surface area (Å²) >= 11 is 1.38. The first-order valence-electron chi connectivity index (χ1n) is 8.10. The third-order valence-electron chi connectivity index (χ3n) is 4.30. The van der Waals surface area contributed by atoms with Gasteiger partial charge >= 0.3 is 0 Å². The fraction of sp³-hybridized carbons (Fsp3) is 0.353. The predicted octanol–water partition coefficient (Wildman–Crippen LogP) is 2.51. The summed E-state index contributed by atoms with van der Waals surface area (Å²) in [6.45, 7) is 2.93. The molecule has 1 fully saturated rings. The minimum absolute atomic E-state index is 0.0785. The second-order valence-electron chi connectivity index (χ2n) is 5.87. The largest absolute Gasteiger partial charge is 0.497 e. The van der Waals surface area contributed by atoms with Crippen LogP contribution in [0.25, 0.3) is 11.3 Å². The summed E-state index contributed by atoms with van der Waals surface area (Å²) in [6, 6.07) is 8.01. The normalized spacial score (nSPS) is 18.4. The molecule has 1 atom stereocenters. The van der Waals surface area contributed by atoms with Crippen molar-refractivity contribution >= 4 is 11.5 Å². The standard InChI is InChI=1S/C17H19N5O2S/c1-23-14-4-2-3-12(7-14)15-8-18-17(19-15)16-10-24-6-5-22(16)9-13-11-25-21-20-13/h2-4,7-8,11,16H,5-6,9-10H2,1H3,(H,18,19). The van der Waals surface area contributed by atoms with E-state index in [1.54, 1.807) is 7.11 Å². The molecule has 7 nitrogen and oxygen atoms in total. The van der Waals surface area contributed by atoms with Crippen LogP contribution in [0.2, 0.25) is 0 Å². The zero-order chi connectivity index (χ0) is 17.1. The van der Waals surface area contributed by atoms with Crippen molar-refractivity contribution in [3.05, 3.63) is 47.4 Å². The lowest BCUT2D eigenvalue weighted by Gasteiger charge is -2.33. The van der Waals surface area contributed by atoms with Crippen LogP contribution in [-0.2, 0) is 11.3 Å². The summed E-state index contributed by atoms with van der Waals surface area (Å²) in [7, 11) is 1.67. The molecule has 0 bridgehead atoms. The van der Waals surface area contributed by atoms with Gasteiger partial charge in [0.15, 0.2) is 0 Å². The van der Waals surface area contributed by atoms with E-state index in [1.165, 1.54) is 11.5 Å². The number of hydrogen-bond acceptors (Lipinski definition) is 7. The van der Waals surface area contributed by atoms with Crippen molar-refractivity contribution in [3.8, 4) is 17.0 Å². The molecule has 25 heavy (non-hydrogen) atoms. The molecule has 0 spiro atoms. The lowest BCUT2D eigenvalue weighted by atomic mass is 10.1. The number of morpholine rings is 1. The number of nitrogens with zero attached hydrogens (tertiary/aromatic N) is 4. The fourth-order valence-corrected chi connectivity index (χ4v) is 3.43. The van der Waals surface area contributed by atoms with E-state index in [9.17, 15) is 0 Å². The van der Waals surface area contributed by atoms with E-state index in [-0.39, 0.29) is 6.04 Å². The van der Waals surface area contributed by atoms with Crippen molar-refractivity contribution in [1.82, 2.24) is 24.5 Å². The molecule has 130 valence electrons. The third-order valence-corrected chi connectivity index (χ3v) is 4.85. The Hall–Kier alpha value is -2.29. The molecule has 0 amide bonds. The van der Waals surface area contributed by atoms with Gasteiger partial charge in [-0.2, -0.15) is 0 Å². The van der Waals surface area contributed by atoms with Gasteiger partial charge in [0.05, 0.1) is 44.0 Å². The molecule has 0 aliphatic carbocycles. The molecule has 1 N–H and O–H groups in total. The molecule has 4 rings (SSSR count). The highest BCUT2D eigenvalue weighted by atomic mass is 32.1. The predicted molar refractivity (Wildman–Crippen MR) is 94.5 cm³/mol. The van der Waals surface area contributed by atoms with Crippen LogP contribution in [0.4, 0.5) is 0 Å². The number of hydrogen-bond donors (Lipinski definition) is 1. The summed E-state index contributed by atoms with van der Waals surface area (Å²) in [5, 5.41) is 6.13. The average molecular weight is 357 g/mol. The van der Waals surface area contributed by atoms with Gasteiger partial charge in [-0.15, -0.1) is 5.10 Å². The monoisotopic (exact) mass is 357 g/mol. The molecule has 1 aliphatic heterocycles. The Morgan fingerprint density at radius 1 is 1.44 bits per heavy atom. The van der Waals surface area contributed by atoms with Crippen LogP contribution < -0.4 is 4.74 Å². The molecule has 2 aromatic heterocycles.